The summed E-state index contributed by atoms with van der Waals surface area (Å²) in [6.07, 6.45) is 0.882. The van der Waals surface area contributed by atoms with Crippen LogP contribution in [0.1, 0.15) is 22.3 Å². The van der Waals surface area contributed by atoms with E-state index in [1.54, 1.807) is 11.8 Å². The summed E-state index contributed by atoms with van der Waals surface area (Å²) in [7, 11) is 0. The minimum atomic E-state index is 0.0959. The molecule has 0 aliphatic heterocycles. The second-order valence-electron chi connectivity index (χ2n) is 5.58. The number of amides is 1. The molecule has 2 aromatic carbocycles. The largest absolute Gasteiger partial charge is 0.355 e. The van der Waals surface area contributed by atoms with Crippen LogP contribution < -0.4 is 5.32 Å². The molecule has 0 atom stereocenters. The van der Waals surface area contributed by atoms with Crippen LogP contribution in [0, 0.1) is 20.8 Å². The van der Waals surface area contributed by atoms with E-state index < -0.39 is 0 Å². The van der Waals surface area contributed by atoms with E-state index >= 15 is 0 Å². The van der Waals surface area contributed by atoms with Gasteiger partial charge in [-0.25, -0.2) is 0 Å². The first-order valence-corrected chi connectivity index (χ1v) is 8.56. The Kier molecular flexibility index (Phi) is 6.08. The van der Waals surface area contributed by atoms with Crippen molar-refractivity contribution >= 4 is 17.7 Å². The van der Waals surface area contributed by atoms with Crippen molar-refractivity contribution in [2.45, 2.75) is 32.1 Å². The van der Waals surface area contributed by atoms with Gasteiger partial charge in [-0.05, 0) is 49.9 Å². The van der Waals surface area contributed by atoms with Crippen LogP contribution >= 0.6 is 11.8 Å². The molecule has 0 aliphatic rings. The Morgan fingerprint density at radius 1 is 1.05 bits per heavy atom. The maximum Gasteiger partial charge on any atom is 0.230 e. The van der Waals surface area contributed by atoms with Gasteiger partial charge in [-0.2, -0.15) is 0 Å². The van der Waals surface area contributed by atoms with E-state index in [4.69, 9.17) is 0 Å². The molecule has 2 rings (SSSR count). The van der Waals surface area contributed by atoms with Gasteiger partial charge in [0, 0.05) is 11.4 Å². The number of aryl methyl sites for hydroxylation is 3. The molecule has 0 aromatic heterocycles. The summed E-state index contributed by atoms with van der Waals surface area (Å²) in [5.74, 6) is 0.566. The molecule has 0 fully saturated rings. The first-order chi connectivity index (χ1) is 10.6. The van der Waals surface area contributed by atoms with Crippen LogP contribution in [0.3, 0.4) is 0 Å². The van der Waals surface area contributed by atoms with E-state index in [0.717, 1.165) is 6.42 Å². The van der Waals surface area contributed by atoms with E-state index in [-0.39, 0.29) is 5.91 Å². The molecule has 0 heterocycles. The van der Waals surface area contributed by atoms with Gasteiger partial charge in [0.2, 0.25) is 5.91 Å². The lowest BCUT2D eigenvalue weighted by molar-refractivity contribution is -0.118. The van der Waals surface area contributed by atoms with Crippen molar-refractivity contribution in [3.05, 3.63) is 64.7 Å². The molecule has 3 heteroatoms. The highest BCUT2D eigenvalue weighted by Gasteiger charge is 2.05. The molecule has 0 radical (unpaired) electrons. The molecule has 1 amide bonds. The minimum absolute atomic E-state index is 0.0959. The maximum absolute atomic E-state index is 11.9. The first-order valence-electron chi connectivity index (χ1n) is 7.57. The number of thioether (sulfide) groups is 1. The molecule has 1 N–H and O–H groups in total. The molecule has 2 nitrogen and oxygen atoms in total. The minimum Gasteiger partial charge on any atom is -0.355 e. The van der Waals surface area contributed by atoms with Gasteiger partial charge in [-0.3, -0.25) is 4.79 Å². The predicted molar refractivity (Wildman–Crippen MR) is 94.5 cm³/mol. The van der Waals surface area contributed by atoms with Crippen LogP contribution in [0.5, 0.6) is 0 Å². The van der Waals surface area contributed by atoms with E-state index in [1.807, 2.05) is 12.1 Å². The zero-order valence-electron chi connectivity index (χ0n) is 13.5. The van der Waals surface area contributed by atoms with Crippen molar-refractivity contribution in [1.82, 2.24) is 5.32 Å². The van der Waals surface area contributed by atoms with Gasteiger partial charge >= 0.3 is 0 Å². The number of nitrogens with one attached hydrogen (secondary N) is 1. The highest BCUT2D eigenvalue weighted by Crippen LogP contribution is 2.22. The van der Waals surface area contributed by atoms with Crippen LogP contribution in [-0.2, 0) is 11.2 Å². The van der Waals surface area contributed by atoms with Crippen molar-refractivity contribution < 1.29 is 4.79 Å². The lowest BCUT2D eigenvalue weighted by Gasteiger charge is -2.09. The molecule has 0 saturated heterocycles. The molecule has 0 spiro atoms. The summed E-state index contributed by atoms with van der Waals surface area (Å²) >= 11 is 1.60. The highest BCUT2D eigenvalue weighted by atomic mass is 32.2. The summed E-state index contributed by atoms with van der Waals surface area (Å²) in [5, 5.41) is 3.00. The number of carbonyl (C=O) groups is 1. The second-order valence-corrected chi connectivity index (χ2v) is 6.60. The normalized spacial score (nSPS) is 10.5. The summed E-state index contributed by atoms with van der Waals surface area (Å²) in [5.41, 5.74) is 5.06. The zero-order chi connectivity index (χ0) is 15.9. The molecule has 0 aliphatic carbocycles. The average Bonchev–Trinajstić information content (AvgIpc) is 2.48. The Hall–Kier alpha value is -1.74. The fourth-order valence-corrected chi connectivity index (χ4v) is 3.22. The molecular formula is C19H23NOS. The van der Waals surface area contributed by atoms with Gasteiger partial charge in [0.05, 0.1) is 5.75 Å². The Bertz CT molecular complexity index is 652. The van der Waals surface area contributed by atoms with Crippen molar-refractivity contribution in [2.75, 3.05) is 12.3 Å². The van der Waals surface area contributed by atoms with E-state index in [0.29, 0.717) is 12.3 Å². The topological polar surface area (TPSA) is 29.1 Å². The van der Waals surface area contributed by atoms with Crippen LogP contribution in [-0.4, -0.2) is 18.2 Å². The van der Waals surface area contributed by atoms with E-state index in [9.17, 15) is 4.79 Å². The number of benzene rings is 2. The first kappa shape index (κ1) is 16.6. The van der Waals surface area contributed by atoms with Crippen LogP contribution in [0.4, 0.5) is 0 Å². The molecule has 2 aromatic rings. The second kappa shape index (κ2) is 8.04. The van der Waals surface area contributed by atoms with Crippen molar-refractivity contribution in [3.63, 3.8) is 0 Å². The lowest BCUT2D eigenvalue weighted by atomic mass is 10.1. The monoisotopic (exact) mass is 313 g/mol. The maximum atomic E-state index is 11.9. The Labute approximate surface area is 137 Å². The van der Waals surface area contributed by atoms with E-state index in [2.05, 4.69) is 56.4 Å². The fourth-order valence-electron chi connectivity index (χ4n) is 2.38. The Morgan fingerprint density at radius 3 is 2.55 bits per heavy atom. The molecule has 0 bridgehead atoms. The standard InChI is InChI=1S/C19H23NOS/c1-14-8-9-18(16(3)12-14)22-13-19(21)20-11-10-17-7-5-4-6-15(17)2/h4-9,12H,10-11,13H2,1-3H3,(H,20,21). The van der Waals surface area contributed by atoms with E-state index in [1.165, 1.54) is 27.1 Å². The molecular weight excluding hydrogens is 290 g/mol. The third-order valence-electron chi connectivity index (χ3n) is 3.67. The number of carbonyl (C=O) groups excluding carboxylic acids is 1. The van der Waals surface area contributed by atoms with Crippen LogP contribution in [0.15, 0.2) is 47.4 Å². The van der Waals surface area contributed by atoms with Gasteiger partial charge in [0.15, 0.2) is 0 Å². The quantitative estimate of drug-likeness (QED) is 0.815. The van der Waals surface area contributed by atoms with Crippen molar-refractivity contribution in [1.29, 1.82) is 0 Å². The van der Waals surface area contributed by atoms with Crippen molar-refractivity contribution in [2.24, 2.45) is 0 Å². The highest BCUT2D eigenvalue weighted by molar-refractivity contribution is 8.00. The molecule has 22 heavy (non-hydrogen) atoms. The third kappa shape index (κ3) is 4.92. The third-order valence-corrected chi connectivity index (χ3v) is 4.84. The zero-order valence-corrected chi connectivity index (χ0v) is 14.3. The van der Waals surface area contributed by atoms with Crippen molar-refractivity contribution in [3.8, 4) is 0 Å². The summed E-state index contributed by atoms with van der Waals surface area (Å²) in [6, 6.07) is 14.6. The van der Waals surface area contributed by atoms with Crippen LogP contribution in [0.25, 0.3) is 0 Å². The number of hydrogen-bond acceptors (Lipinski definition) is 2. The summed E-state index contributed by atoms with van der Waals surface area (Å²) < 4.78 is 0. The molecule has 0 unspecified atom stereocenters. The van der Waals surface area contributed by atoms with Gasteiger partial charge in [-0.1, -0.05) is 42.0 Å². The number of hydrogen-bond donors (Lipinski definition) is 1. The fraction of sp³-hybridized carbons (Fsp3) is 0.316. The smallest absolute Gasteiger partial charge is 0.230 e. The molecule has 116 valence electrons. The lowest BCUT2D eigenvalue weighted by Crippen LogP contribution is -2.27. The van der Waals surface area contributed by atoms with Gasteiger partial charge in [0.25, 0.3) is 0 Å². The SMILES string of the molecule is Cc1ccc(SCC(=O)NCCc2ccccc2C)c(C)c1. The van der Waals surface area contributed by atoms with Gasteiger partial charge in [0.1, 0.15) is 0 Å². The summed E-state index contributed by atoms with van der Waals surface area (Å²) in [6.45, 7) is 6.97. The average molecular weight is 313 g/mol. The Morgan fingerprint density at radius 2 is 1.82 bits per heavy atom. The predicted octanol–water partition coefficient (Wildman–Crippen LogP) is 4.06. The summed E-state index contributed by atoms with van der Waals surface area (Å²) in [4.78, 5) is 13.1. The van der Waals surface area contributed by atoms with Crippen LogP contribution in [0.2, 0.25) is 0 Å². The van der Waals surface area contributed by atoms with Gasteiger partial charge < -0.3 is 5.32 Å². The van der Waals surface area contributed by atoms with Gasteiger partial charge in [-0.15, -0.1) is 11.8 Å². The Balaban J connectivity index is 1.75. The molecule has 0 saturated carbocycles. The number of rotatable bonds is 6.